The van der Waals surface area contributed by atoms with Crippen molar-refractivity contribution in [3.8, 4) is 28.3 Å². The van der Waals surface area contributed by atoms with E-state index < -0.39 is 0 Å². The topological polar surface area (TPSA) is 78.5 Å². The molecule has 2 heterocycles. The summed E-state index contributed by atoms with van der Waals surface area (Å²) in [5.74, 6) is 0.782. The Morgan fingerprint density at radius 3 is 2.68 bits per heavy atom. The monoisotopic (exact) mass is 328 g/mol. The highest BCUT2D eigenvalue weighted by molar-refractivity contribution is 5.97. The van der Waals surface area contributed by atoms with Gasteiger partial charge in [-0.3, -0.25) is 0 Å². The molecule has 4 aromatic rings. The fourth-order valence-corrected chi connectivity index (χ4v) is 3.34. The molecule has 0 atom stereocenters. The minimum atomic E-state index is 0.670. The molecule has 0 saturated carbocycles. The number of aromatic amines is 1. The number of hydrogen-bond acceptors (Lipinski definition) is 4. The quantitative estimate of drug-likeness (QED) is 0.579. The van der Waals surface area contributed by atoms with Crippen LogP contribution in [0.3, 0.4) is 0 Å². The predicted molar refractivity (Wildman–Crippen MR) is 96.0 cm³/mol. The maximum atomic E-state index is 9.35. The summed E-state index contributed by atoms with van der Waals surface area (Å²) < 4.78 is 5.33. The Bertz CT molecular complexity index is 1120. The lowest BCUT2D eigenvalue weighted by Gasteiger charge is -2.11. The average Bonchev–Trinajstić information content (AvgIpc) is 3.20. The van der Waals surface area contributed by atoms with Gasteiger partial charge >= 0.3 is 0 Å². The first-order valence-corrected chi connectivity index (χ1v) is 8.00. The van der Waals surface area contributed by atoms with Crippen LogP contribution in [0.1, 0.15) is 22.6 Å². The molecular weight excluding hydrogens is 312 g/mol. The van der Waals surface area contributed by atoms with Crippen molar-refractivity contribution in [2.75, 3.05) is 0 Å². The molecule has 0 saturated heterocycles. The summed E-state index contributed by atoms with van der Waals surface area (Å²) in [6, 6.07) is 12.2. The summed E-state index contributed by atoms with van der Waals surface area (Å²) in [7, 11) is 0. The van der Waals surface area contributed by atoms with Gasteiger partial charge in [0.2, 0.25) is 0 Å². The SMILES string of the molecule is Cc1noc(C)c1-c1cc(-c2cccc(C#N)c2C)c2nc[nH]c2c1. The smallest absolute Gasteiger partial charge is 0.141 e. The number of hydrogen-bond donors (Lipinski definition) is 1. The highest BCUT2D eigenvalue weighted by Crippen LogP contribution is 2.36. The average molecular weight is 328 g/mol. The molecule has 0 amide bonds. The van der Waals surface area contributed by atoms with Gasteiger partial charge in [-0.05, 0) is 55.7 Å². The van der Waals surface area contributed by atoms with E-state index in [9.17, 15) is 5.26 Å². The number of aromatic nitrogens is 3. The normalized spacial score (nSPS) is 11.0. The third-order valence-electron chi connectivity index (χ3n) is 4.59. The number of nitrogens with zero attached hydrogens (tertiary/aromatic N) is 3. The van der Waals surface area contributed by atoms with Crippen molar-refractivity contribution in [2.45, 2.75) is 20.8 Å². The predicted octanol–water partition coefficient (Wildman–Crippen LogP) is 4.68. The van der Waals surface area contributed by atoms with E-state index in [0.29, 0.717) is 5.56 Å². The Morgan fingerprint density at radius 1 is 1.12 bits per heavy atom. The Morgan fingerprint density at radius 2 is 1.96 bits per heavy atom. The molecule has 5 heteroatoms. The van der Waals surface area contributed by atoms with Gasteiger partial charge in [-0.2, -0.15) is 5.26 Å². The number of aryl methyl sites for hydroxylation is 2. The molecule has 0 aliphatic carbocycles. The van der Waals surface area contributed by atoms with E-state index in [1.54, 1.807) is 6.33 Å². The van der Waals surface area contributed by atoms with E-state index >= 15 is 0 Å². The zero-order valence-corrected chi connectivity index (χ0v) is 14.2. The van der Waals surface area contributed by atoms with Crippen molar-refractivity contribution >= 4 is 11.0 Å². The van der Waals surface area contributed by atoms with Gasteiger partial charge in [0.05, 0.1) is 34.7 Å². The first-order chi connectivity index (χ1) is 12.1. The number of nitriles is 1. The first-order valence-electron chi connectivity index (χ1n) is 8.00. The lowest BCUT2D eigenvalue weighted by molar-refractivity contribution is 0.393. The number of nitrogens with one attached hydrogen (secondary N) is 1. The van der Waals surface area contributed by atoms with Crippen molar-refractivity contribution in [1.29, 1.82) is 5.26 Å². The second-order valence-electron chi connectivity index (χ2n) is 6.11. The van der Waals surface area contributed by atoms with Gasteiger partial charge in [-0.15, -0.1) is 0 Å². The Balaban J connectivity index is 2.05. The van der Waals surface area contributed by atoms with E-state index in [1.165, 1.54) is 0 Å². The van der Waals surface area contributed by atoms with E-state index in [4.69, 9.17) is 4.52 Å². The Hall–Kier alpha value is -3.39. The molecule has 25 heavy (non-hydrogen) atoms. The summed E-state index contributed by atoms with van der Waals surface area (Å²) in [6.07, 6.45) is 1.69. The van der Waals surface area contributed by atoms with Crippen LogP contribution in [0.15, 0.2) is 41.2 Å². The summed E-state index contributed by atoms with van der Waals surface area (Å²) in [5.41, 5.74) is 8.30. The summed E-state index contributed by atoms with van der Waals surface area (Å²) in [5, 5.41) is 13.4. The van der Waals surface area contributed by atoms with Gasteiger partial charge in [0.15, 0.2) is 0 Å². The standard InChI is InChI=1S/C20H16N4O/c1-11-14(9-21)5-4-6-16(11)17-7-15(8-18-20(17)23-10-22-18)19-12(2)24-25-13(19)3/h4-8,10H,1-3H3,(H,22,23). The van der Waals surface area contributed by atoms with Crippen LogP contribution in [0, 0.1) is 32.1 Å². The van der Waals surface area contributed by atoms with Gasteiger partial charge in [0, 0.05) is 11.1 Å². The fraction of sp³-hybridized carbons (Fsp3) is 0.150. The fourth-order valence-electron chi connectivity index (χ4n) is 3.34. The van der Waals surface area contributed by atoms with Crippen molar-refractivity contribution in [3.63, 3.8) is 0 Å². The number of rotatable bonds is 2. The molecule has 1 N–H and O–H groups in total. The maximum absolute atomic E-state index is 9.35. The van der Waals surface area contributed by atoms with Crippen LogP contribution < -0.4 is 0 Å². The van der Waals surface area contributed by atoms with E-state index in [-0.39, 0.29) is 0 Å². The molecule has 0 fully saturated rings. The van der Waals surface area contributed by atoms with Crippen molar-refractivity contribution in [1.82, 2.24) is 15.1 Å². The van der Waals surface area contributed by atoms with Crippen molar-refractivity contribution in [3.05, 3.63) is 59.2 Å². The number of H-pyrrole nitrogens is 1. The summed E-state index contributed by atoms with van der Waals surface area (Å²) in [6.45, 7) is 5.81. The van der Waals surface area contributed by atoms with Crippen molar-refractivity contribution in [2.24, 2.45) is 0 Å². The zero-order valence-electron chi connectivity index (χ0n) is 14.2. The van der Waals surface area contributed by atoms with Crippen LogP contribution in [-0.2, 0) is 0 Å². The largest absolute Gasteiger partial charge is 0.361 e. The third-order valence-corrected chi connectivity index (χ3v) is 4.59. The van der Waals surface area contributed by atoms with Crippen LogP contribution in [0.4, 0.5) is 0 Å². The number of benzene rings is 2. The van der Waals surface area contributed by atoms with Crippen LogP contribution in [0.25, 0.3) is 33.3 Å². The number of fused-ring (bicyclic) bond motifs is 1. The van der Waals surface area contributed by atoms with Crippen LogP contribution >= 0.6 is 0 Å². The van der Waals surface area contributed by atoms with Gasteiger partial charge in [0.1, 0.15) is 5.76 Å². The molecule has 4 rings (SSSR count). The highest BCUT2D eigenvalue weighted by Gasteiger charge is 2.17. The van der Waals surface area contributed by atoms with E-state index in [1.807, 2.05) is 39.0 Å². The van der Waals surface area contributed by atoms with E-state index in [0.717, 1.165) is 50.3 Å². The molecule has 5 nitrogen and oxygen atoms in total. The van der Waals surface area contributed by atoms with Gasteiger partial charge < -0.3 is 9.51 Å². The minimum Gasteiger partial charge on any atom is -0.361 e. The van der Waals surface area contributed by atoms with Crippen LogP contribution in [-0.4, -0.2) is 15.1 Å². The second-order valence-corrected chi connectivity index (χ2v) is 6.11. The highest BCUT2D eigenvalue weighted by atomic mass is 16.5. The lowest BCUT2D eigenvalue weighted by atomic mass is 9.92. The van der Waals surface area contributed by atoms with Crippen LogP contribution in [0.2, 0.25) is 0 Å². The lowest BCUT2D eigenvalue weighted by Crippen LogP contribution is -1.91. The maximum Gasteiger partial charge on any atom is 0.141 e. The first kappa shape index (κ1) is 15.2. The second kappa shape index (κ2) is 5.60. The molecule has 2 aromatic heterocycles. The minimum absolute atomic E-state index is 0.670. The van der Waals surface area contributed by atoms with Gasteiger partial charge in [0.25, 0.3) is 0 Å². The number of imidazole rings is 1. The molecule has 0 bridgehead atoms. The molecule has 0 aliphatic heterocycles. The Labute approximate surface area is 144 Å². The molecule has 0 radical (unpaired) electrons. The molecule has 2 aromatic carbocycles. The van der Waals surface area contributed by atoms with Gasteiger partial charge in [-0.1, -0.05) is 17.3 Å². The van der Waals surface area contributed by atoms with Crippen LogP contribution in [0.5, 0.6) is 0 Å². The van der Waals surface area contributed by atoms with Gasteiger partial charge in [-0.25, -0.2) is 4.98 Å². The summed E-state index contributed by atoms with van der Waals surface area (Å²) in [4.78, 5) is 7.67. The molecular formula is C20H16N4O. The summed E-state index contributed by atoms with van der Waals surface area (Å²) >= 11 is 0. The molecule has 0 spiro atoms. The molecule has 122 valence electrons. The third kappa shape index (κ3) is 2.31. The molecule has 0 unspecified atom stereocenters. The van der Waals surface area contributed by atoms with E-state index in [2.05, 4.69) is 33.3 Å². The van der Waals surface area contributed by atoms with Crippen molar-refractivity contribution < 1.29 is 4.52 Å². The molecule has 0 aliphatic rings. The zero-order chi connectivity index (χ0) is 17.6. The Kier molecular flexibility index (Phi) is 3.40.